The normalized spacial score (nSPS) is 20.8. The topological polar surface area (TPSA) is 56.3 Å². The smallest absolute Gasteiger partial charge is 0.138 e. The summed E-state index contributed by atoms with van der Waals surface area (Å²) < 4.78 is 13.6. The molecule has 0 unspecified atom stereocenters. The Balaban J connectivity index is 1.57. The Bertz CT molecular complexity index is 699. The molecule has 1 fully saturated rings. The number of nitrogens with zero attached hydrogens (tertiary/aromatic N) is 4. The molecule has 0 N–H and O–H groups in total. The zero-order valence-corrected chi connectivity index (χ0v) is 15.5. The molecular formula is C19H28N4O2. The van der Waals surface area contributed by atoms with Gasteiger partial charge in [-0.1, -0.05) is 5.16 Å². The van der Waals surface area contributed by atoms with Crippen LogP contribution in [0.25, 0.3) is 0 Å². The van der Waals surface area contributed by atoms with Crippen LogP contribution in [0.4, 0.5) is 0 Å². The molecule has 0 aromatic carbocycles. The molecule has 6 heteroatoms. The summed E-state index contributed by atoms with van der Waals surface area (Å²) in [6, 6.07) is 0.249. The molecule has 6 nitrogen and oxygen atoms in total. The average molecular weight is 344 g/mol. The molecule has 1 atom stereocenters. The molecule has 0 radical (unpaired) electrons. The molecule has 2 aliphatic rings. The lowest BCUT2D eigenvalue weighted by Crippen LogP contribution is -2.39. The Hall–Kier alpha value is -1.66. The highest BCUT2D eigenvalue weighted by molar-refractivity contribution is 5.27. The van der Waals surface area contributed by atoms with Gasteiger partial charge in [0.05, 0.1) is 30.2 Å². The Labute approximate surface area is 149 Å². The largest absolute Gasteiger partial charge is 0.379 e. The highest BCUT2D eigenvalue weighted by Crippen LogP contribution is 2.34. The standard InChI is InChI=1S/C19H28N4O2/c1-4-23-19-16(9-20-23)7-8-22(10-17-13(2)21-25-14(17)3)18(19)12-24-11-15-5-6-15/h9,15,18H,4-8,10-12H2,1-3H3/t18-/m1/s1. The number of ether oxygens (including phenoxy) is 1. The van der Waals surface area contributed by atoms with Crippen molar-refractivity contribution in [2.75, 3.05) is 19.8 Å². The van der Waals surface area contributed by atoms with Crippen molar-refractivity contribution in [2.45, 2.75) is 59.2 Å². The van der Waals surface area contributed by atoms with Gasteiger partial charge in [-0.05, 0) is 51.5 Å². The summed E-state index contributed by atoms with van der Waals surface area (Å²) in [5, 5.41) is 8.71. The fraction of sp³-hybridized carbons (Fsp3) is 0.684. The maximum Gasteiger partial charge on any atom is 0.138 e. The van der Waals surface area contributed by atoms with E-state index in [1.807, 2.05) is 20.0 Å². The van der Waals surface area contributed by atoms with E-state index in [4.69, 9.17) is 9.26 Å². The fourth-order valence-electron chi connectivity index (χ4n) is 3.79. The van der Waals surface area contributed by atoms with Crippen LogP contribution in [-0.2, 0) is 24.2 Å². The van der Waals surface area contributed by atoms with Crippen LogP contribution in [0.5, 0.6) is 0 Å². The molecule has 4 rings (SSSR count). The van der Waals surface area contributed by atoms with Gasteiger partial charge in [0.15, 0.2) is 0 Å². The SMILES string of the molecule is CCn1ncc2c1[C@@H](COCC1CC1)N(Cc1c(C)noc1C)CC2. The molecule has 0 amide bonds. The number of aryl methyl sites for hydroxylation is 3. The van der Waals surface area contributed by atoms with Crippen LogP contribution in [-0.4, -0.2) is 39.6 Å². The van der Waals surface area contributed by atoms with Crippen LogP contribution in [0.15, 0.2) is 10.7 Å². The molecule has 3 heterocycles. The zero-order valence-electron chi connectivity index (χ0n) is 15.5. The zero-order chi connectivity index (χ0) is 17.4. The first kappa shape index (κ1) is 16.8. The van der Waals surface area contributed by atoms with E-state index in [0.717, 1.165) is 56.6 Å². The van der Waals surface area contributed by atoms with Crippen molar-refractivity contribution in [1.29, 1.82) is 0 Å². The van der Waals surface area contributed by atoms with E-state index in [2.05, 4.69) is 26.8 Å². The van der Waals surface area contributed by atoms with Gasteiger partial charge in [-0.2, -0.15) is 5.10 Å². The first-order valence-electron chi connectivity index (χ1n) is 9.45. The lowest BCUT2D eigenvalue weighted by atomic mass is 9.99. The Morgan fingerprint density at radius 3 is 2.80 bits per heavy atom. The number of hydrogen-bond acceptors (Lipinski definition) is 5. The Morgan fingerprint density at radius 2 is 2.12 bits per heavy atom. The Kier molecular flexibility index (Phi) is 4.65. The van der Waals surface area contributed by atoms with E-state index >= 15 is 0 Å². The summed E-state index contributed by atoms with van der Waals surface area (Å²) in [5.74, 6) is 1.71. The van der Waals surface area contributed by atoms with Crippen LogP contribution in [0.2, 0.25) is 0 Å². The molecule has 25 heavy (non-hydrogen) atoms. The third-order valence-corrected chi connectivity index (χ3v) is 5.55. The maximum absolute atomic E-state index is 6.11. The third kappa shape index (κ3) is 3.37. The van der Waals surface area contributed by atoms with E-state index in [1.54, 1.807) is 0 Å². The second-order valence-corrected chi connectivity index (χ2v) is 7.39. The molecule has 1 aliphatic carbocycles. The van der Waals surface area contributed by atoms with Gasteiger partial charge in [0.1, 0.15) is 5.76 Å². The maximum atomic E-state index is 6.11. The second kappa shape index (κ2) is 6.92. The number of hydrogen-bond donors (Lipinski definition) is 0. The lowest BCUT2D eigenvalue weighted by Gasteiger charge is -2.36. The van der Waals surface area contributed by atoms with Gasteiger partial charge >= 0.3 is 0 Å². The predicted molar refractivity (Wildman–Crippen MR) is 94.3 cm³/mol. The van der Waals surface area contributed by atoms with Crippen molar-refractivity contribution in [3.05, 3.63) is 34.5 Å². The molecule has 0 bridgehead atoms. The first-order chi connectivity index (χ1) is 12.2. The molecule has 1 saturated carbocycles. The van der Waals surface area contributed by atoms with Crippen molar-refractivity contribution in [3.8, 4) is 0 Å². The summed E-state index contributed by atoms with van der Waals surface area (Å²) in [5.41, 5.74) is 4.90. The molecule has 136 valence electrons. The van der Waals surface area contributed by atoms with Crippen LogP contribution in [0.1, 0.15) is 54.1 Å². The first-order valence-corrected chi connectivity index (χ1v) is 9.45. The highest BCUT2D eigenvalue weighted by atomic mass is 16.5. The van der Waals surface area contributed by atoms with E-state index in [9.17, 15) is 0 Å². The van der Waals surface area contributed by atoms with Gasteiger partial charge in [-0.15, -0.1) is 0 Å². The summed E-state index contributed by atoms with van der Waals surface area (Å²) in [4.78, 5) is 2.51. The van der Waals surface area contributed by atoms with E-state index in [1.165, 1.54) is 29.7 Å². The van der Waals surface area contributed by atoms with Crippen molar-refractivity contribution in [1.82, 2.24) is 19.8 Å². The molecule has 1 aliphatic heterocycles. The van der Waals surface area contributed by atoms with Gasteiger partial charge < -0.3 is 9.26 Å². The predicted octanol–water partition coefficient (Wildman–Crippen LogP) is 3.03. The molecule has 0 spiro atoms. The molecule has 2 aromatic heterocycles. The van der Waals surface area contributed by atoms with Crippen molar-refractivity contribution in [3.63, 3.8) is 0 Å². The van der Waals surface area contributed by atoms with Crippen LogP contribution in [0, 0.1) is 19.8 Å². The van der Waals surface area contributed by atoms with E-state index in [0.29, 0.717) is 0 Å². The Morgan fingerprint density at radius 1 is 1.28 bits per heavy atom. The lowest BCUT2D eigenvalue weighted by molar-refractivity contribution is 0.0406. The van der Waals surface area contributed by atoms with Gasteiger partial charge in [0.25, 0.3) is 0 Å². The van der Waals surface area contributed by atoms with E-state index < -0.39 is 0 Å². The summed E-state index contributed by atoms with van der Waals surface area (Å²) >= 11 is 0. The van der Waals surface area contributed by atoms with E-state index in [-0.39, 0.29) is 6.04 Å². The van der Waals surface area contributed by atoms with Gasteiger partial charge in [-0.25, -0.2) is 0 Å². The fourth-order valence-corrected chi connectivity index (χ4v) is 3.79. The summed E-state index contributed by atoms with van der Waals surface area (Å²) in [7, 11) is 0. The quantitative estimate of drug-likeness (QED) is 0.773. The highest BCUT2D eigenvalue weighted by Gasteiger charge is 2.33. The summed E-state index contributed by atoms with van der Waals surface area (Å²) in [6.45, 7) is 10.6. The van der Waals surface area contributed by atoms with Crippen molar-refractivity contribution in [2.24, 2.45) is 5.92 Å². The molecule has 0 saturated heterocycles. The third-order valence-electron chi connectivity index (χ3n) is 5.55. The van der Waals surface area contributed by atoms with Gasteiger partial charge in [0, 0.05) is 31.8 Å². The average Bonchev–Trinajstić information content (AvgIpc) is 3.26. The summed E-state index contributed by atoms with van der Waals surface area (Å²) in [6.07, 6.45) is 5.73. The van der Waals surface area contributed by atoms with Gasteiger partial charge in [-0.3, -0.25) is 9.58 Å². The van der Waals surface area contributed by atoms with Crippen LogP contribution >= 0.6 is 0 Å². The molecule has 2 aromatic rings. The minimum atomic E-state index is 0.249. The second-order valence-electron chi connectivity index (χ2n) is 7.39. The van der Waals surface area contributed by atoms with Crippen molar-refractivity contribution >= 4 is 0 Å². The molecular weight excluding hydrogens is 316 g/mol. The number of fused-ring (bicyclic) bond motifs is 1. The minimum absolute atomic E-state index is 0.249. The minimum Gasteiger partial charge on any atom is -0.379 e. The van der Waals surface area contributed by atoms with Crippen LogP contribution in [0.3, 0.4) is 0 Å². The van der Waals surface area contributed by atoms with Crippen LogP contribution < -0.4 is 0 Å². The van der Waals surface area contributed by atoms with Crippen molar-refractivity contribution < 1.29 is 9.26 Å². The van der Waals surface area contributed by atoms with Gasteiger partial charge in [0.2, 0.25) is 0 Å². The number of aromatic nitrogens is 3. The number of rotatable bonds is 7. The monoisotopic (exact) mass is 344 g/mol.